The molecule has 9 heteroatoms. The summed E-state index contributed by atoms with van der Waals surface area (Å²) in [6.45, 7) is 2.85. The maximum Gasteiger partial charge on any atom is 0.259 e. The third-order valence-electron chi connectivity index (χ3n) is 5.66. The van der Waals surface area contributed by atoms with Gasteiger partial charge in [-0.3, -0.25) is 14.6 Å². The zero-order chi connectivity index (χ0) is 22.1. The lowest BCUT2D eigenvalue weighted by Gasteiger charge is -2.32. The molecule has 0 radical (unpaired) electrons. The number of hydrogen-bond acceptors (Lipinski definition) is 7. The SMILES string of the molecule is Cc1noc2nc(-c3ccco3)cc(C(=O)N3CCC(NC(=O)c4cccnc4)CC3)c12. The molecule has 0 aliphatic carbocycles. The number of piperidine rings is 1. The number of carbonyl (C=O) groups is 2. The topological polar surface area (TPSA) is 114 Å². The number of likely N-dealkylation sites (tertiary alicyclic amines) is 1. The van der Waals surface area contributed by atoms with Crippen molar-refractivity contribution < 1.29 is 18.5 Å². The predicted octanol–water partition coefficient (Wildman–Crippen LogP) is 3.22. The van der Waals surface area contributed by atoms with Gasteiger partial charge in [0.15, 0.2) is 5.76 Å². The maximum atomic E-state index is 13.4. The minimum Gasteiger partial charge on any atom is -0.463 e. The van der Waals surface area contributed by atoms with E-state index in [1.54, 1.807) is 60.8 Å². The fourth-order valence-corrected chi connectivity index (χ4v) is 3.98. The van der Waals surface area contributed by atoms with Crippen LogP contribution in [0.15, 0.2) is 57.9 Å². The van der Waals surface area contributed by atoms with E-state index in [0.717, 1.165) is 0 Å². The Bertz CT molecular complexity index is 1260. The molecule has 1 N–H and O–H groups in total. The van der Waals surface area contributed by atoms with Gasteiger partial charge in [0.05, 0.1) is 28.5 Å². The second-order valence-electron chi connectivity index (χ2n) is 7.76. The fraction of sp³-hybridized carbons (Fsp3) is 0.261. The van der Waals surface area contributed by atoms with Gasteiger partial charge in [-0.15, -0.1) is 0 Å². The molecule has 9 nitrogen and oxygen atoms in total. The van der Waals surface area contributed by atoms with Crippen LogP contribution in [-0.2, 0) is 0 Å². The van der Waals surface area contributed by atoms with E-state index in [2.05, 4.69) is 20.4 Å². The summed E-state index contributed by atoms with van der Waals surface area (Å²) in [5.41, 5.74) is 2.44. The van der Waals surface area contributed by atoms with Crippen LogP contribution in [0.25, 0.3) is 22.6 Å². The molecule has 1 fully saturated rings. The van der Waals surface area contributed by atoms with Gasteiger partial charge in [-0.05, 0) is 50.1 Å². The number of aryl methyl sites for hydroxylation is 1. The number of nitrogens with one attached hydrogen (secondary N) is 1. The monoisotopic (exact) mass is 431 g/mol. The van der Waals surface area contributed by atoms with E-state index in [9.17, 15) is 9.59 Å². The molecule has 4 aromatic rings. The molecule has 0 atom stereocenters. The Kier molecular flexibility index (Phi) is 5.14. The molecule has 1 aliphatic heterocycles. The van der Waals surface area contributed by atoms with Crippen LogP contribution in [0.4, 0.5) is 0 Å². The van der Waals surface area contributed by atoms with Crippen LogP contribution in [0.3, 0.4) is 0 Å². The minimum absolute atomic E-state index is 0.000206. The van der Waals surface area contributed by atoms with Crippen molar-refractivity contribution in [3.63, 3.8) is 0 Å². The Morgan fingerprint density at radius 2 is 2.03 bits per heavy atom. The Morgan fingerprint density at radius 1 is 1.19 bits per heavy atom. The van der Waals surface area contributed by atoms with Crippen LogP contribution in [-0.4, -0.2) is 51.0 Å². The molecule has 4 aromatic heterocycles. The summed E-state index contributed by atoms with van der Waals surface area (Å²) in [6, 6.07) is 8.73. The highest BCUT2D eigenvalue weighted by molar-refractivity contribution is 6.07. The first-order valence-electron chi connectivity index (χ1n) is 10.4. The average molecular weight is 431 g/mol. The highest BCUT2D eigenvalue weighted by Gasteiger charge is 2.28. The standard InChI is InChI=1S/C23H21N5O4/c1-14-20-17(12-18(19-5-3-11-31-19)26-22(20)32-27-14)23(30)28-9-6-16(7-10-28)25-21(29)15-4-2-8-24-13-15/h2-5,8,11-13,16H,6-7,9-10H2,1H3,(H,25,29). The zero-order valence-electron chi connectivity index (χ0n) is 17.4. The summed E-state index contributed by atoms with van der Waals surface area (Å²) in [5.74, 6) is 0.280. The molecule has 1 saturated heterocycles. The number of furan rings is 1. The Balaban J connectivity index is 1.33. The van der Waals surface area contributed by atoms with E-state index in [1.807, 2.05) is 0 Å². The summed E-state index contributed by atoms with van der Waals surface area (Å²) in [4.78, 5) is 36.1. The molecule has 0 unspecified atom stereocenters. The normalized spacial score (nSPS) is 14.6. The van der Waals surface area contributed by atoms with E-state index in [0.29, 0.717) is 65.3 Å². The number of aromatic nitrogens is 3. The summed E-state index contributed by atoms with van der Waals surface area (Å²) >= 11 is 0. The predicted molar refractivity (Wildman–Crippen MR) is 115 cm³/mol. The van der Waals surface area contributed by atoms with E-state index >= 15 is 0 Å². The number of hydrogen-bond donors (Lipinski definition) is 1. The third kappa shape index (κ3) is 3.73. The van der Waals surface area contributed by atoms with Gasteiger partial charge in [0.1, 0.15) is 5.69 Å². The van der Waals surface area contributed by atoms with Crippen molar-refractivity contribution in [1.82, 2.24) is 25.3 Å². The van der Waals surface area contributed by atoms with Crippen molar-refractivity contribution in [1.29, 1.82) is 0 Å². The van der Waals surface area contributed by atoms with Gasteiger partial charge in [0, 0.05) is 31.5 Å². The van der Waals surface area contributed by atoms with Crippen LogP contribution in [0.5, 0.6) is 0 Å². The van der Waals surface area contributed by atoms with Gasteiger partial charge in [-0.25, -0.2) is 4.98 Å². The van der Waals surface area contributed by atoms with Crippen molar-refractivity contribution in [2.75, 3.05) is 13.1 Å². The van der Waals surface area contributed by atoms with Crippen molar-refractivity contribution in [2.24, 2.45) is 0 Å². The number of pyridine rings is 2. The minimum atomic E-state index is -0.151. The molecule has 5 rings (SSSR count). The van der Waals surface area contributed by atoms with Gasteiger partial charge < -0.3 is 19.2 Å². The lowest BCUT2D eigenvalue weighted by atomic mass is 10.0. The van der Waals surface area contributed by atoms with Crippen molar-refractivity contribution in [3.05, 3.63) is 65.8 Å². The molecular weight excluding hydrogens is 410 g/mol. The Morgan fingerprint density at radius 3 is 2.75 bits per heavy atom. The number of fused-ring (bicyclic) bond motifs is 1. The van der Waals surface area contributed by atoms with Gasteiger partial charge >= 0.3 is 0 Å². The molecule has 1 aliphatic rings. The second kappa shape index (κ2) is 8.26. The number of rotatable bonds is 4. The van der Waals surface area contributed by atoms with E-state index in [-0.39, 0.29) is 17.9 Å². The Hall–Kier alpha value is -4.01. The quantitative estimate of drug-likeness (QED) is 0.528. The summed E-state index contributed by atoms with van der Waals surface area (Å²) in [6.07, 6.45) is 6.06. The lowest BCUT2D eigenvalue weighted by Crippen LogP contribution is -2.46. The van der Waals surface area contributed by atoms with Gasteiger partial charge in [-0.1, -0.05) is 5.16 Å². The van der Waals surface area contributed by atoms with Gasteiger partial charge in [0.25, 0.3) is 17.5 Å². The summed E-state index contributed by atoms with van der Waals surface area (Å²) < 4.78 is 10.8. The van der Waals surface area contributed by atoms with Crippen LogP contribution in [0.1, 0.15) is 39.3 Å². The van der Waals surface area contributed by atoms with E-state index < -0.39 is 0 Å². The third-order valence-corrected chi connectivity index (χ3v) is 5.66. The second-order valence-corrected chi connectivity index (χ2v) is 7.76. The van der Waals surface area contributed by atoms with Gasteiger partial charge in [-0.2, -0.15) is 0 Å². The molecule has 162 valence electrons. The lowest BCUT2D eigenvalue weighted by molar-refractivity contribution is 0.0700. The summed E-state index contributed by atoms with van der Waals surface area (Å²) in [5, 5.41) is 7.63. The first kappa shape index (κ1) is 19.9. The van der Waals surface area contributed by atoms with Crippen molar-refractivity contribution >= 4 is 22.9 Å². The average Bonchev–Trinajstić information content (AvgIpc) is 3.50. The molecule has 0 saturated carbocycles. The zero-order valence-corrected chi connectivity index (χ0v) is 17.4. The fourth-order valence-electron chi connectivity index (χ4n) is 3.98. The maximum absolute atomic E-state index is 13.4. The molecule has 32 heavy (non-hydrogen) atoms. The van der Waals surface area contributed by atoms with E-state index in [1.165, 1.54) is 0 Å². The van der Waals surface area contributed by atoms with E-state index in [4.69, 9.17) is 8.94 Å². The smallest absolute Gasteiger partial charge is 0.259 e. The van der Waals surface area contributed by atoms with Crippen LogP contribution in [0, 0.1) is 6.92 Å². The van der Waals surface area contributed by atoms with Crippen LogP contribution < -0.4 is 5.32 Å². The first-order valence-corrected chi connectivity index (χ1v) is 10.4. The van der Waals surface area contributed by atoms with Crippen LogP contribution in [0.2, 0.25) is 0 Å². The molecular formula is C23H21N5O4. The molecule has 0 spiro atoms. The number of carbonyl (C=O) groups excluding carboxylic acids is 2. The summed E-state index contributed by atoms with van der Waals surface area (Å²) in [7, 11) is 0. The Labute approximate surface area is 183 Å². The van der Waals surface area contributed by atoms with Crippen LogP contribution >= 0.6 is 0 Å². The molecule has 5 heterocycles. The highest BCUT2D eigenvalue weighted by Crippen LogP contribution is 2.29. The molecule has 0 bridgehead atoms. The van der Waals surface area contributed by atoms with Crippen molar-refractivity contribution in [2.45, 2.75) is 25.8 Å². The number of nitrogens with zero attached hydrogens (tertiary/aromatic N) is 4. The molecule has 0 aromatic carbocycles. The molecule has 2 amide bonds. The van der Waals surface area contributed by atoms with Crippen molar-refractivity contribution in [3.8, 4) is 11.5 Å². The number of amides is 2. The largest absolute Gasteiger partial charge is 0.463 e. The first-order chi connectivity index (χ1) is 15.6. The highest BCUT2D eigenvalue weighted by atomic mass is 16.5. The van der Waals surface area contributed by atoms with Gasteiger partial charge in [0.2, 0.25) is 0 Å².